The van der Waals surface area contributed by atoms with Crippen LogP contribution in [0.15, 0.2) is 36.4 Å². The standard InChI is InChI=1S/C13H11BrClNO/c1-17-12-6-5-11(8-14)16-13(12)9-3-2-4-10(15)7-9/h2-7H,8H2,1H3. The quantitative estimate of drug-likeness (QED) is 0.788. The fourth-order valence-electron chi connectivity index (χ4n) is 1.57. The highest BCUT2D eigenvalue weighted by Crippen LogP contribution is 2.30. The number of rotatable bonds is 3. The summed E-state index contributed by atoms with van der Waals surface area (Å²) in [6.07, 6.45) is 0. The van der Waals surface area contributed by atoms with Crippen molar-refractivity contribution >= 4 is 27.5 Å². The van der Waals surface area contributed by atoms with Crippen molar-refractivity contribution in [2.75, 3.05) is 7.11 Å². The molecule has 2 nitrogen and oxygen atoms in total. The number of benzene rings is 1. The Morgan fingerprint density at radius 1 is 1.29 bits per heavy atom. The second-order valence-corrected chi connectivity index (χ2v) is 4.49. The molecule has 2 aromatic rings. The zero-order valence-corrected chi connectivity index (χ0v) is 11.6. The summed E-state index contributed by atoms with van der Waals surface area (Å²) in [6.45, 7) is 0. The van der Waals surface area contributed by atoms with Crippen LogP contribution in [-0.4, -0.2) is 12.1 Å². The number of hydrogen-bond acceptors (Lipinski definition) is 2. The number of ether oxygens (including phenoxy) is 1. The van der Waals surface area contributed by atoms with E-state index in [0.717, 1.165) is 22.7 Å². The number of methoxy groups -OCH3 is 1. The first kappa shape index (κ1) is 12.4. The molecule has 0 saturated carbocycles. The minimum atomic E-state index is 0.690. The average Bonchev–Trinajstić information content (AvgIpc) is 2.38. The maximum Gasteiger partial charge on any atom is 0.145 e. The molecule has 1 aromatic carbocycles. The number of halogens is 2. The molecule has 1 aromatic heterocycles. The van der Waals surface area contributed by atoms with Gasteiger partial charge in [0.05, 0.1) is 12.8 Å². The minimum Gasteiger partial charge on any atom is -0.494 e. The lowest BCUT2D eigenvalue weighted by Crippen LogP contribution is -1.94. The highest BCUT2D eigenvalue weighted by atomic mass is 79.9. The lowest BCUT2D eigenvalue weighted by Gasteiger charge is -2.09. The molecule has 0 fully saturated rings. The summed E-state index contributed by atoms with van der Waals surface area (Å²) in [5, 5.41) is 1.40. The largest absolute Gasteiger partial charge is 0.494 e. The van der Waals surface area contributed by atoms with E-state index >= 15 is 0 Å². The normalized spacial score (nSPS) is 10.3. The summed E-state index contributed by atoms with van der Waals surface area (Å²) in [4.78, 5) is 4.54. The van der Waals surface area contributed by atoms with Crippen LogP contribution in [0, 0.1) is 0 Å². The number of hydrogen-bond donors (Lipinski definition) is 0. The average molecular weight is 313 g/mol. The third kappa shape index (κ3) is 2.79. The summed E-state index contributed by atoms with van der Waals surface area (Å²) in [7, 11) is 1.64. The van der Waals surface area contributed by atoms with Crippen LogP contribution in [-0.2, 0) is 5.33 Å². The molecule has 1 heterocycles. The van der Waals surface area contributed by atoms with Crippen molar-refractivity contribution in [3.63, 3.8) is 0 Å². The van der Waals surface area contributed by atoms with E-state index in [4.69, 9.17) is 16.3 Å². The molecule has 0 aliphatic carbocycles. The van der Waals surface area contributed by atoms with Gasteiger partial charge in [-0.3, -0.25) is 0 Å². The van der Waals surface area contributed by atoms with Crippen LogP contribution in [0.3, 0.4) is 0 Å². The van der Waals surface area contributed by atoms with Crippen LogP contribution in [0.4, 0.5) is 0 Å². The molecule has 0 aliphatic rings. The zero-order valence-electron chi connectivity index (χ0n) is 9.28. The van der Waals surface area contributed by atoms with Gasteiger partial charge < -0.3 is 4.74 Å². The van der Waals surface area contributed by atoms with Gasteiger partial charge in [-0.25, -0.2) is 4.98 Å². The van der Waals surface area contributed by atoms with Gasteiger partial charge >= 0.3 is 0 Å². The van der Waals surface area contributed by atoms with E-state index in [1.807, 2.05) is 36.4 Å². The number of nitrogens with zero attached hydrogens (tertiary/aromatic N) is 1. The predicted molar refractivity (Wildman–Crippen MR) is 73.9 cm³/mol. The Morgan fingerprint density at radius 2 is 2.12 bits per heavy atom. The Bertz CT molecular complexity index is 531. The molecule has 0 unspecified atom stereocenters. The second-order valence-electron chi connectivity index (χ2n) is 3.50. The van der Waals surface area contributed by atoms with Gasteiger partial charge in [0, 0.05) is 15.9 Å². The first-order valence-electron chi connectivity index (χ1n) is 5.10. The number of aromatic nitrogens is 1. The van der Waals surface area contributed by atoms with Crippen molar-refractivity contribution < 1.29 is 4.74 Å². The van der Waals surface area contributed by atoms with Gasteiger partial charge in [-0.2, -0.15) is 0 Å². The first-order valence-corrected chi connectivity index (χ1v) is 6.60. The summed E-state index contributed by atoms with van der Waals surface area (Å²) >= 11 is 9.38. The van der Waals surface area contributed by atoms with Crippen LogP contribution < -0.4 is 4.74 Å². The monoisotopic (exact) mass is 311 g/mol. The van der Waals surface area contributed by atoms with Crippen LogP contribution in [0.2, 0.25) is 5.02 Å². The molecule has 0 aliphatic heterocycles. The van der Waals surface area contributed by atoms with E-state index in [1.54, 1.807) is 7.11 Å². The van der Waals surface area contributed by atoms with E-state index in [2.05, 4.69) is 20.9 Å². The van der Waals surface area contributed by atoms with Crippen LogP contribution >= 0.6 is 27.5 Å². The van der Waals surface area contributed by atoms with E-state index in [1.165, 1.54) is 0 Å². The van der Waals surface area contributed by atoms with E-state index < -0.39 is 0 Å². The Labute approximate surface area is 114 Å². The topological polar surface area (TPSA) is 22.1 Å². The molecule has 17 heavy (non-hydrogen) atoms. The summed E-state index contributed by atoms with van der Waals surface area (Å²) in [5.74, 6) is 0.747. The van der Waals surface area contributed by atoms with Crippen LogP contribution in [0.1, 0.15) is 5.69 Å². The third-order valence-electron chi connectivity index (χ3n) is 2.37. The summed E-state index contributed by atoms with van der Waals surface area (Å²) in [5.41, 5.74) is 2.73. The number of pyridine rings is 1. The molecule has 88 valence electrons. The molecule has 0 saturated heterocycles. The lowest BCUT2D eigenvalue weighted by molar-refractivity contribution is 0.414. The van der Waals surface area contributed by atoms with Gasteiger partial charge in [-0.15, -0.1) is 0 Å². The summed E-state index contributed by atoms with van der Waals surface area (Å²) < 4.78 is 5.32. The molecule has 0 amide bonds. The van der Waals surface area contributed by atoms with Crippen molar-refractivity contribution in [1.82, 2.24) is 4.98 Å². The van der Waals surface area contributed by atoms with Gasteiger partial charge in [0.15, 0.2) is 0 Å². The predicted octanol–water partition coefficient (Wildman–Crippen LogP) is 4.31. The second kappa shape index (κ2) is 5.52. The fraction of sp³-hybridized carbons (Fsp3) is 0.154. The molecule has 0 bridgehead atoms. The zero-order chi connectivity index (χ0) is 12.3. The smallest absolute Gasteiger partial charge is 0.145 e. The third-order valence-corrected chi connectivity index (χ3v) is 3.18. The molecule has 2 rings (SSSR count). The Morgan fingerprint density at radius 3 is 2.76 bits per heavy atom. The highest BCUT2D eigenvalue weighted by Gasteiger charge is 2.08. The van der Waals surface area contributed by atoms with E-state index in [0.29, 0.717) is 10.4 Å². The lowest BCUT2D eigenvalue weighted by atomic mass is 10.1. The molecular weight excluding hydrogens is 302 g/mol. The van der Waals surface area contributed by atoms with Gasteiger partial charge in [0.2, 0.25) is 0 Å². The van der Waals surface area contributed by atoms with E-state index in [9.17, 15) is 0 Å². The van der Waals surface area contributed by atoms with Crippen molar-refractivity contribution in [3.05, 3.63) is 47.1 Å². The molecule has 0 spiro atoms. The van der Waals surface area contributed by atoms with Crippen molar-refractivity contribution in [2.45, 2.75) is 5.33 Å². The Kier molecular flexibility index (Phi) is 4.02. The SMILES string of the molecule is COc1ccc(CBr)nc1-c1cccc(Cl)c1. The fourth-order valence-corrected chi connectivity index (χ4v) is 2.07. The number of alkyl halides is 1. The minimum absolute atomic E-state index is 0.690. The van der Waals surface area contributed by atoms with Gasteiger partial charge in [0.25, 0.3) is 0 Å². The van der Waals surface area contributed by atoms with Crippen LogP contribution in [0.5, 0.6) is 5.75 Å². The first-order chi connectivity index (χ1) is 8.24. The molecule has 0 radical (unpaired) electrons. The summed E-state index contributed by atoms with van der Waals surface area (Å²) in [6, 6.07) is 11.4. The Hall–Kier alpha value is -1.06. The molecule has 0 atom stereocenters. The van der Waals surface area contributed by atoms with Crippen LogP contribution in [0.25, 0.3) is 11.3 Å². The van der Waals surface area contributed by atoms with Crippen molar-refractivity contribution in [2.24, 2.45) is 0 Å². The van der Waals surface area contributed by atoms with Gasteiger partial charge in [-0.1, -0.05) is 39.7 Å². The molecule has 4 heteroatoms. The van der Waals surface area contributed by atoms with E-state index in [-0.39, 0.29) is 0 Å². The molecular formula is C13H11BrClNO. The maximum atomic E-state index is 5.99. The van der Waals surface area contributed by atoms with Crippen molar-refractivity contribution in [3.8, 4) is 17.0 Å². The van der Waals surface area contributed by atoms with Gasteiger partial charge in [-0.05, 0) is 24.3 Å². The maximum absolute atomic E-state index is 5.99. The van der Waals surface area contributed by atoms with Gasteiger partial charge in [0.1, 0.15) is 11.4 Å². The Balaban J connectivity index is 2.56. The van der Waals surface area contributed by atoms with Crippen molar-refractivity contribution in [1.29, 1.82) is 0 Å². The highest BCUT2D eigenvalue weighted by molar-refractivity contribution is 9.08. The molecule has 0 N–H and O–H groups in total.